The minimum Gasteiger partial charge on any atom is -0.376 e. The molecule has 5 heteroatoms. The van der Waals surface area contributed by atoms with Crippen LogP contribution in [0.5, 0.6) is 0 Å². The molecule has 0 atom stereocenters. The summed E-state index contributed by atoms with van der Waals surface area (Å²) in [6.45, 7) is 11.8. The molecule has 0 bridgehead atoms. The molecule has 29 heavy (non-hydrogen) atoms. The molecule has 156 valence electrons. The van der Waals surface area contributed by atoms with Crippen LogP contribution in [0.2, 0.25) is 0 Å². The molecule has 2 aromatic carbocycles. The Labute approximate surface area is 174 Å². The highest BCUT2D eigenvalue weighted by molar-refractivity contribution is 5.96. The molecule has 0 aliphatic rings. The lowest BCUT2D eigenvalue weighted by molar-refractivity contribution is -0.114. The van der Waals surface area contributed by atoms with Gasteiger partial charge >= 0.3 is 0 Å². The lowest BCUT2D eigenvalue weighted by Crippen LogP contribution is -2.32. The molecule has 0 saturated heterocycles. The minimum atomic E-state index is -0.115. The average Bonchev–Trinajstić information content (AvgIpc) is 2.68. The van der Waals surface area contributed by atoms with Crippen molar-refractivity contribution < 1.29 is 9.59 Å². The van der Waals surface area contributed by atoms with Gasteiger partial charge in [0.2, 0.25) is 5.91 Å². The molecule has 5 nitrogen and oxygen atoms in total. The van der Waals surface area contributed by atoms with Crippen LogP contribution in [0, 0.1) is 20.8 Å². The van der Waals surface area contributed by atoms with E-state index < -0.39 is 0 Å². The van der Waals surface area contributed by atoms with Crippen molar-refractivity contribution in [3.63, 3.8) is 0 Å². The van der Waals surface area contributed by atoms with Crippen molar-refractivity contribution >= 4 is 23.2 Å². The molecule has 2 N–H and O–H groups in total. The lowest BCUT2D eigenvalue weighted by Gasteiger charge is -2.21. The number of nitrogens with one attached hydrogen (secondary N) is 2. The molecule has 0 saturated carbocycles. The second-order valence-corrected chi connectivity index (χ2v) is 7.55. The largest absolute Gasteiger partial charge is 0.376 e. The number of hydrogen-bond donors (Lipinski definition) is 2. The zero-order valence-electron chi connectivity index (χ0n) is 18.3. The number of carbonyl (C=O) groups excluding carboxylic acids is 2. The van der Waals surface area contributed by atoms with Crippen LogP contribution in [0.25, 0.3) is 0 Å². The van der Waals surface area contributed by atoms with Gasteiger partial charge in [0, 0.05) is 30.0 Å². The Morgan fingerprint density at radius 2 is 1.55 bits per heavy atom. The summed E-state index contributed by atoms with van der Waals surface area (Å²) < 4.78 is 0. The highest BCUT2D eigenvalue weighted by Gasteiger charge is 2.15. The molecule has 0 fully saturated rings. The topological polar surface area (TPSA) is 61.4 Å². The Morgan fingerprint density at radius 3 is 2.14 bits per heavy atom. The van der Waals surface area contributed by atoms with E-state index in [2.05, 4.69) is 36.6 Å². The predicted molar refractivity (Wildman–Crippen MR) is 121 cm³/mol. The quantitative estimate of drug-likeness (QED) is 0.633. The third-order valence-corrected chi connectivity index (χ3v) is 4.78. The number of carbonyl (C=O) groups is 2. The smallest absolute Gasteiger partial charge is 0.253 e. The Hall–Kier alpha value is -2.82. The van der Waals surface area contributed by atoms with Crippen molar-refractivity contribution in [2.75, 3.05) is 30.3 Å². The minimum absolute atomic E-state index is 0.0349. The molecule has 2 aromatic rings. The van der Waals surface area contributed by atoms with Crippen LogP contribution in [0.4, 0.5) is 11.4 Å². The van der Waals surface area contributed by atoms with Gasteiger partial charge in [-0.15, -0.1) is 0 Å². The number of benzene rings is 2. The number of amides is 2. The Morgan fingerprint density at radius 1 is 0.931 bits per heavy atom. The molecule has 0 unspecified atom stereocenters. The highest BCUT2D eigenvalue weighted by Crippen LogP contribution is 2.22. The first-order valence-corrected chi connectivity index (χ1v) is 10.4. The van der Waals surface area contributed by atoms with Gasteiger partial charge in [-0.05, 0) is 62.9 Å². The molecule has 0 aliphatic heterocycles. The standard InChI is InChI=1S/C24H33N3O2/c1-6-11-27(12-7-2)24(29)20-9-8-10-21(15-20)25-16-22(28)26-23-18(4)13-17(3)14-19(23)5/h8-10,13-15,25H,6-7,11-12,16H2,1-5H3,(H,26,28). The third kappa shape index (κ3) is 6.34. The Balaban J connectivity index is 2.02. The summed E-state index contributed by atoms with van der Waals surface area (Å²) in [5, 5.41) is 6.12. The van der Waals surface area contributed by atoms with Crippen LogP contribution in [-0.2, 0) is 4.79 Å². The van der Waals surface area contributed by atoms with Gasteiger partial charge < -0.3 is 15.5 Å². The molecule has 0 spiro atoms. The summed E-state index contributed by atoms with van der Waals surface area (Å²) in [7, 11) is 0. The van der Waals surface area contributed by atoms with E-state index in [9.17, 15) is 9.59 Å². The molecule has 0 radical (unpaired) electrons. The van der Waals surface area contributed by atoms with E-state index in [-0.39, 0.29) is 18.4 Å². The van der Waals surface area contributed by atoms with E-state index in [1.165, 1.54) is 5.56 Å². The average molecular weight is 396 g/mol. The van der Waals surface area contributed by atoms with Crippen molar-refractivity contribution in [2.24, 2.45) is 0 Å². The van der Waals surface area contributed by atoms with E-state index in [1.807, 2.05) is 49.9 Å². The van der Waals surface area contributed by atoms with Gasteiger partial charge in [-0.1, -0.05) is 37.6 Å². The van der Waals surface area contributed by atoms with Crippen LogP contribution < -0.4 is 10.6 Å². The van der Waals surface area contributed by atoms with Gasteiger partial charge in [0.15, 0.2) is 0 Å². The Bertz CT molecular complexity index is 832. The van der Waals surface area contributed by atoms with Gasteiger partial charge in [0.25, 0.3) is 5.91 Å². The van der Waals surface area contributed by atoms with E-state index in [0.29, 0.717) is 5.56 Å². The van der Waals surface area contributed by atoms with E-state index in [0.717, 1.165) is 48.4 Å². The number of hydrogen-bond acceptors (Lipinski definition) is 3. The summed E-state index contributed by atoms with van der Waals surface area (Å²) in [5.41, 5.74) is 5.54. The van der Waals surface area contributed by atoms with Crippen LogP contribution in [0.1, 0.15) is 53.7 Å². The monoisotopic (exact) mass is 395 g/mol. The van der Waals surface area contributed by atoms with Crippen LogP contribution in [-0.4, -0.2) is 36.3 Å². The van der Waals surface area contributed by atoms with Gasteiger partial charge in [0.1, 0.15) is 0 Å². The summed E-state index contributed by atoms with van der Waals surface area (Å²) in [5.74, 6) is -0.0805. The first-order chi connectivity index (χ1) is 13.8. The third-order valence-electron chi connectivity index (χ3n) is 4.78. The second-order valence-electron chi connectivity index (χ2n) is 7.55. The SMILES string of the molecule is CCCN(CCC)C(=O)c1cccc(NCC(=O)Nc2c(C)cc(C)cc2C)c1. The molecule has 0 aliphatic carbocycles. The molecule has 2 amide bonds. The van der Waals surface area contributed by atoms with E-state index in [4.69, 9.17) is 0 Å². The predicted octanol–water partition coefficient (Wildman–Crippen LogP) is 4.92. The van der Waals surface area contributed by atoms with Gasteiger partial charge in [-0.3, -0.25) is 9.59 Å². The zero-order valence-corrected chi connectivity index (χ0v) is 18.3. The molecule has 0 aromatic heterocycles. The summed E-state index contributed by atoms with van der Waals surface area (Å²) >= 11 is 0. The summed E-state index contributed by atoms with van der Waals surface area (Å²) in [6.07, 6.45) is 1.86. The summed E-state index contributed by atoms with van der Waals surface area (Å²) in [6, 6.07) is 11.5. The number of nitrogens with zero attached hydrogens (tertiary/aromatic N) is 1. The Kier molecular flexibility index (Phi) is 8.25. The maximum Gasteiger partial charge on any atom is 0.253 e. The summed E-state index contributed by atoms with van der Waals surface area (Å²) in [4.78, 5) is 27.1. The van der Waals surface area contributed by atoms with Crippen LogP contribution in [0.3, 0.4) is 0 Å². The van der Waals surface area contributed by atoms with E-state index >= 15 is 0 Å². The van der Waals surface area contributed by atoms with Gasteiger partial charge in [-0.25, -0.2) is 0 Å². The van der Waals surface area contributed by atoms with Gasteiger partial charge in [-0.2, -0.15) is 0 Å². The van der Waals surface area contributed by atoms with Gasteiger partial charge in [0.05, 0.1) is 6.54 Å². The molecule has 0 heterocycles. The van der Waals surface area contributed by atoms with Crippen molar-refractivity contribution in [1.82, 2.24) is 4.90 Å². The van der Waals surface area contributed by atoms with Crippen LogP contribution >= 0.6 is 0 Å². The van der Waals surface area contributed by atoms with Crippen LogP contribution in [0.15, 0.2) is 36.4 Å². The highest BCUT2D eigenvalue weighted by atomic mass is 16.2. The van der Waals surface area contributed by atoms with Crippen molar-refractivity contribution in [3.8, 4) is 0 Å². The van der Waals surface area contributed by atoms with E-state index in [1.54, 1.807) is 0 Å². The molecular formula is C24H33N3O2. The fourth-order valence-corrected chi connectivity index (χ4v) is 3.54. The first-order valence-electron chi connectivity index (χ1n) is 10.4. The molecule has 2 rings (SSSR count). The normalized spacial score (nSPS) is 10.5. The molecular weight excluding hydrogens is 362 g/mol. The maximum atomic E-state index is 12.8. The maximum absolute atomic E-state index is 12.8. The number of anilines is 2. The lowest BCUT2D eigenvalue weighted by atomic mass is 10.1. The van der Waals surface area contributed by atoms with Crippen molar-refractivity contribution in [1.29, 1.82) is 0 Å². The number of aryl methyl sites for hydroxylation is 3. The van der Waals surface area contributed by atoms with Crippen molar-refractivity contribution in [3.05, 3.63) is 58.7 Å². The zero-order chi connectivity index (χ0) is 21.4. The van der Waals surface area contributed by atoms with Crippen molar-refractivity contribution in [2.45, 2.75) is 47.5 Å². The second kappa shape index (κ2) is 10.6. The number of rotatable bonds is 9. The first kappa shape index (κ1) is 22.5. The fourth-order valence-electron chi connectivity index (χ4n) is 3.54. The fraction of sp³-hybridized carbons (Fsp3) is 0.417.